The van der Waals surface area contributed by atoms with Crippen LogP contribution in [0, 0.1) is 5.41 Å². The second-order valence-electron chi connectivity index (χ2n) is 4.40. The lowest BCUT2D eigenvalue weighted by Crippen LogP contribution is -2.45. The first kappa shape index (κ1) is 7.56. The van der Waals surface area contributed by atoms with Gasteiger partial charge in [-0.05, 0) is 12.8 Å². The average Bonchev–Trinajstić information content (AvgIpc) is 2.31. The molecule has 0 saturated carbocycles. The van der Waals surface area contributed by atoms with Crippen molar-refractivity contribution in [3.63, 3.8) is 0 Å². The van der Waals surface area contributed by atoms with Crippen LogP contribution >= 0.6 is 0 Å². The van der Waals surface area contributed by atoms with Crippen LogP contribution in [-0.2, 0) is 4.74 Å². The van der Waals surface area contributed by atoms with Crippen molar-refractivity contribution in [2.45, 2.75) is 51.4 Å². The largest absolute Gasteiger partial charge is 0.392 e. The number of hydrogen-bond donors (Lipinski definition) is 1. The van der Waals surface area contributed by atoms with Crippen LogP contribution in [0.5, 0.6) is 0 Å². The van der Waals surface area contributed by atoms with E-state index in [0.29, 0.717) is 12.2 Å². The van der Waals surface area contributed by atoms with E-state index in [1.807, 2.05) is 0 Å². The first-order valence-corrected chi connectivity index (χ1v) is 4.44. The maximum Gasteiger partial charge on any atom is 0.0655 e. The molecular formula is C9H16O2. The van der Waals surface area contributed by atoms with Gasteiger partial charge >= 0.3 is 0 Å². The molecule has 0 aromatic rings. The third-order valence-corrected chi connectivity index (χ3v) is 3.28. The van der Waals surface area contributed by atoms with Gasteiger partial charge in [0.25, 0.3) is 0 Å². The second kappa shape index (κ2) is 2.20. The van der Waals surface area contributed by atoms with E-state index in [0.717, 1.165) is 19.3 Å². The molecule has 0 aromatic heterocycles. The van der Waals surface area contributed by atoms with Gasteiger partial charge < -0.3 is 9.84 Å². The van der Waals surface area contributed by atoms with Crippen molar-refractivity contribution in [2.75, 3.05) is 0 Å². The molecule has 64 valence electrons. The van der Waals surface area contributed by atoms with Crippen LogP contribution in [0.25, 0.3) is 0 Å². The maximum absolute atomic E-state index is 9.74. The van der Waals surface area contributed by atoms with Gasteiger partial charge in [-0.3, -0.25) is 0 Å². The third kappa shape index (κ3) is 1.00. The topological polar surface area (TPSA) is 29.5 Å². The maximum atomic E-state index is 9.74. The van der Waals surface area contributed by atoms with Crippen LogP contribution < -0.4 is 0 Å². The van der Waals surface area contributed by atoms with E-state index >= 15 is 0 Å². The molecule has 2 rings (SSSR count). The number of rotatable bonds is 0. The van der Waals surface area contributed by atoms with E-state index in [1.54, 1.807) is 0 Å². The lowest BCUT2D eigenvalue weighted by Gasteiger charge is -2.40. The van der Waals surface area contributed by atoms with Gasteiger partial charge in [-0.15, -0.1) is 0 Å². The van der Waals surface area contributed by atoms with Crippen LogP contribution in [0.3, 0.4) is 0 Å². The fourth-order valence-corrected chi connectivity index (χ4v) is 2.19. The average molecular weight is 156 g/mol. The minimum atomic E-state index is -0.159. The molecule has 2 bridgehead atoms. The quantitative estimate of drug-likeness (QED) is 0.573. The number of ether oxygens (including phenoxy) is 1. The molecule has 0 aliphatic carbocycles. The van der Waals surface area contributed by atoms with Crippen molar-refractivity contribution in [2.24, 2.45) is 5.41 Å². The minimum Gasteiger partial charge on any atom is -0.392 e. The molecule has 2 aliphatic heterocycles. The van der Waals surface area contributed by atoms with Gasteiger partial charge in [0.15, 0.2) is 0 Å². The van der Waals surface area contributed by atoms with Gasteiger partial charge in [-0.2, -0.15) is 0 Å². The van der Waals surface area contributed by atoms with Gasteiger partial charge in [0, 0.05) is 11.8 Å². The molecule has 0 amide bonds. The molecule has 3 unspecified atom stereocenters. The van der Waals surface area contributed by atoms with Crippen molar-refractivity contribution < 1.29 is 9.84 Å². The third-order valence-electron chi connectivity index (χ3n) is 3.28. The van der Waals surface area contributed by atoms with E-state index in [9.17, 15) is 5.11 Å². The van der Waals surface area contributed by atoms with Gasteiger partial charge in [0.2, 0.25) is 0 Å². The molecule has 0 aromatic carbocycles. The van der Waals surface area contributed by atoms with E-state index in [2.05, 4.69) is 13.8 Å². The molecule has 2 saturated heterocycles. The molecule has 2 nitrogen and oxygen atoms in total. The van der Waals surface area contributed by atoms with Crippen molar-refractivity contribution >= 4 is 0 Å². The Morgan fingerprint density at radius 2 is 2.09 bits per heavy atom. The van der Waals surface area contributed by atoms with Crippen LogP contribution in [-0.4, -0.2) is 23.4 Å². The van der Waals surface area contributed by atoms with Crippen molar-refractivity contribution in [3.05, 3.63) is 0 Å². The summed E-state index contributed by atoms with van der Waals surface area (Å²) in [6.07, 6.45) is 3.61. The van der Waals surface area contributed by atoms with Gasteiger partial charge in [0.05, 0.1) is 18.3 Å². The summed E-state index contributed by atoms with van der Waals surface area (Å²) >= 11 is 0. The van der Waals surface area contributed by atoms with Crippen LogP contribution in [0.4, 0.5) is 0 Å². The summed E-state index contributed by atoms with van der Waals surface area (Å²) in [6, 6.07) is 0. The number of hydrogen-bond acceptors (Lipinski definition) is 2. The predicted octanol–water partition coefficient (Wildman–Crippen LogP) is 1.32. The Hall–Kier alpha value is -0.0800. The minimum absolute atomic E-state index is 0.0208. The molecule has 2 aliphatic rings. The molecular weight excluding hydrogens is 140 g/mol. The van der Waals surface area contributed by atoms with E-state index < -0.39 is 0 Å². The second-order valence-corrected chi connectivity index (χ2v) is 4.40. The Bertz CT molecular complexity index is 165. The van der Waals surface area contributed by atoms with E-state index in [4.69, 9.17) is 4.74 Å². The summed E-state index contributed by atoms with van der Waals surface area (Å²) in [5.74, 6) is 0. The number of aliphatic hydroxyl groups is 1. The molecule has 2 heterocycles. The summed E-state index contributed by atoms with van der Waals surface area (Å²) in [6.45, 7) is 4.20. The fourth-order valence-electron chi connectivity index (χ4n) is 2.19. The summed E-state index contributed by atoms with van der Waals surface area (Å²) in [5.41, 5.74) is -0.0208. The molecule has 11 heavy (non-hydrogen) atoms. The monoisotopic (exact) mass is 156 g/mol. The van der Waals surface area contributed by atoms with Gasteiger partial charge in [0.1, 0.15) is 0 Å². The lowest BCUT2D eigenvalue weighted by molar-refractivity contribution is -0.138. The van der Waals surface area contributed by atoms with Crippen molar-refractivity contribution in [1.29, 1.82) is 0 Å². The fraction of sp³-hybridized carbons (Fsp3) is 1.00. The molecule has 2 fully saturated rings. The molecule has 3 atom stereocenters. The highest BCUT2D eigenvalue weighted by atomic mass is 16.5. The zero-order valence-corrected chi connectivity index (χ0v) is 7.21. The van der Waals surface area contributed by atoms with Crippen LogP contribution in [0.1, 0.15) is 33.1 Å². The summed E-state index contributed by atoms with van der Waals surface area (Å²) in [4.78, 5) is 0. The predicted molar refractivity (Wildman–Crippen MR) is 42.3 cm³/mol. The summed E-state index contributed by atoms with van der Waals surface area (Å²) in [5, 5.41) is 9.74. The SMILES string of the molecule is CC1(C)C(O)CC2CCC1O2. The Labute approximate surface area is 67.6 Å². The van der Waals surface area contributed by atoms with E-state index in [-0.39, 0.29) is 11.5 Å². The first-order valence-electron chi connectivity index (χ1n) is 4.44. The first-order chi connectivity index (χ1) is 5.10. The lowest BCUT2D eigenvalue weighted by atomic mass is 9.78. The Kier molecular flexibility index (Phi) is 1.52. The zero-order valence-electron chi connectivity index (χ0n) is 7.21. The highest BCUT2D eigenvalue weighted by Gasteiger charge is 2.47. The standard InChI is InChI=1S/C9H16O2/c1-9(2)7(10)5-6-3-4-8(9)11-6/h6-8,10H,3-5H2,1-2H3. The normalized spacial score (nSPS) is 47.7. The summed E-state index contributed by atoms with van der Waals surface area (Å²) < 4.78 is 5.72. The number of aliphatic hydroxyl groups excluding tert-OH is 1. The molecule has 2 heteroatoms. The van der Waals surface area contributed by atoms with Crippen LogP contribution in [0.2, 0.25) is 0 Å². The van der Waals surface area contributed by atoms with E-state index in [1.165, 1.54) is 0 Å². The van der Waals surface area contributed by atoms with Crippen LogP contribution in [0.15, 0.2) is 0 Å². The highest BCUT2D eigenvalue weighted by Crippen LogP contribution is 2.44. The Morgan fingerprint density at radius 3 is 2.82 bits per heavy atom. The molecule has 0 spiro atoms. The molecule has 1 N–H and O–H groups in total. The number of fused-ring (bicyclic) bond motifs is 2. The smallest absolute Gasteiger partial charge is 0.0655 e. The van der Waals surface area contributed by atoms with Crippen molar-refractivity contribution in [1.82, 2.24) is 0 Å². The molecule has 0 radical (unpaired) electrons. The highest BCUT2D eigenvalue weighted by molar-refractivity contribution is 4.96. The summed E-state index contributed by atoms with van der Waals surface area (Å²) in [7, 11) is 0. The van der Waals surface area contributed by atoms with Crippen molar-refractivity contribution in [3.8, 4) is 0 Å². The Morgan fingerprint density at radius 1 is 1.36 bits per heavy atom. The van der Waals surface area contributed by atoms with Gasteiger partial charge in [-0.25, -0.2) is 0 Å². The zero-order chi connectivity index (χ0) is 8.06. The Balaban J connectivity index is 2.20. The van der Waals surface area contributed by atoms with Gasteiger partial charge in [-0.1, -0.05) is 13.8 Å².